The van der Waals surface area contributed by atoms with Crippen LogP contribution in [0.3, 0.4) is 0 Å². The Balaban J connectivity index is 2.85. The van der Waals surface area contributed by atoms with E-state index in [2.05, 4.69) is 11.0 Å². The van der Waals surface area contributed by atoms with Crippen molar-refractivity contribution in [1.82, 2.24) is 9.78 Å². The van der Waals surface area contributed by atoms with Crippen molar-refractivity contribution in [3.63, 3.8) is 0 Å². The normalized spacial score (nSPS) is 10.4. The second kappa shape index (κ2) is 6.43. The van der Waals surface area contributed by atoms with Gasteiger partial charge in [0.25, 0.3) is 5.56 Å². The van der Waals surface area contributed by atoms with Crippen molar-refractivity contribution in [2.24, 2.45) is 7.05 Å². The highest BCUT2D eigenvalue weighted by molar-refractivity contribution is 6.36. The maximum atomic E-state index is 12.6. The lowest BCUT2D eigenvalue weighted by Crippen LogP contribution is -2.24. The Labute approximate surface area is 138 Å². The van der Waals surface area contributed by atoms with Gasteiger partial charge >= 0.3 is 0 Å². The maximum absolute atomic E-state index is 12.6. The summed E-state index contributed by atoms with van der Waals surface area (Å²) >= 11 is 12.3. The van der Waals surface area contributed by atoms with Crippen LogP contribution >= 0.6 is 23.2 Å². The van der Waals surface area contributed by atoms with Gasteiger partial charge in [-0.05, 0) is 31.5 Å². The van der Waals surface area contributed by atoms with Crippen molar-refractivity contribution in [3.8, 4) is 29.2 Å². The van der Waals surface area contributed by atoms with E-state index >= 15 is 0 Å². The SMILES string of the molecule is C#CCOc1c(C)nn(C)c(=O)c1-c1c(C)cc(Cl)cc1Cl. The third-order valence-corrected chi connectivity index (χ3v) is 3.68. The van der Waals surface area contributed by atoms with Crippen molar-refractivity contribution in [2.45, 2.75) is 13.8 Å². The van der Waals surface area contributed by atoms with Gasteiger partial charge in [0.15, 0.2) is 5.75 Å². The van der Waals surface area contributed by atoms with Crippen LogP contribution in [0.15, 0.2) is 16.9 Å². The van der Waals surface area contributed by atoms with E-state index in [0.29, 0.717) is 32.6 Å². The molecule has 6 heteroatoms. The zero-order valence-corrected chi connectivity index (χ0v) is 13.9. The highest BCUT2D eigenvalue weighted by Gasteiger charge is 2.21. The van der Waals surface area contributed by atoms with Gasteiger partial charge in [-0.2, -0.15) is 5.10 Å². The molecule has 0 saturated carbocycles. The molecule has 0 aliphatic heterocycles. The molecule has 0 radical (unpaired) electrons. The molecular formula is C16H14Cl2N2O2. The molecule has 0 aliphatic carbocycles. The number of nitrogens with zero attached hydrogens (tertiary/aromatic N) is 2. The number of aromatic nitrogens is 2. The molecular weight excluding hydrogens is 323 g/mol. The van der Waals surface area contributed by atoms with Crippen molar-refractivity contribution in [2.75, 3.05) is 6.61 Å². The summed E-state index contributed by atoms with van der Waals surface area (Å²) in [5, 5.41) is 5.00. The Bertz CT molecular complexity index is 812. The van der Waals surface area contributed by atoms with E-state index in [4.69, 9.17) is 34.4 Å². The number of ether oxygens (including phenoxy) is 1. The highest BCUT2D eigenvalue weighted by Crippen LogP contribution is 2.37. The molecule has 0 saturated heterocycles. The van der Waals surface area contributed by atoms with Gasteiger partial charge in [-0.3, -0.25) is 4.79 Å². The summed E-state index contributed by atoms with van der Waals surface area (Å²) in [4.78, 5) is 12.6. The van der Waals surface area contributed by atoms with Crippen molar-refractivity contribution < 1.29 is 4.74 Å². The number of hydrogen-bond donors (Lipinski definition) is 0. The van der Waals surface area contributed by atoms with Gasteiger partial charge in [0.05, 0.1) is 10.6 Å². The fourth-order valence-corrected chi connectivity index (χ4v) is 2.98. The number of rotatable bonds is 3. The van der Waals surface area contributed by atoms with Gasteiger partial charge in [-0.15, -0.1) is 6.42 Å². The quantitative estimate of drug-likeness (QED) is 0.807. The fourth-order valence-electron chi connectivity index (χ4n) is 2.29. The van der Waals surface area contributed by atoms with Crippen molar-refractivity contribution >= 4 is 23.2 Å². The van der Waals surface area contributed by atoms with Gasteiger partial charge in [0.2, 0.25) is 0 Å². The molecule has 0 spiro atoms. The average Bonchev–Trinajstić information content (AvgIpc) is 2.42. The van der Waals surface area contributed by atoms with Crippen LogP contribution < -0.4 is 10.3 Å². The smallest absolute Gasteiger partial charge is 0.278 e. The molecule has 4 nitrogen and oxygen atoms in total. The first-order chi connectivity index (χ1) is 10.4. The molecule has 1 heterocycles. The number of terminal acetylenes is 1. The third-order valence-electron chi connectivity index (χ3n) is 3.17. The molecule has 1 aromatic heterocycles. The van der Waals surface area contributed by atoms with Gasteiger partial charge in [-0.25, -0.2) is 4.68 Å². The van der Waals surface area contributed by atoms with E-state index in [-0.39, 0.29) is 12.2 Å². The summed E-state index contributed by atoms with van der Waals surface area (Å²) in [7, 11) is 1.57. The minimum atomic E-state index is -0.315. The number of halogens is 2. The molecule has 0 amide bonds. The van der Waals surface area contributed by atoms with Gasteiger partial charge in [-0.1, -0.05) is 29.1 Å². The minimum absolute atomic E-state index is 0.0347. The predicted molar refractivity (Wildman–Crippen MR) is 88.7 cm³/mol. The standard InChI is InChI=1S/C16H14Cl2N2O2/c1-5-6-22-15-10(3)19-20(4)16(21)14(15)13-9(2)7-11(17)8-12(13)18/h1,7-8H,6H2,2-4H3. The Hall–Kier alpha value is -1.96. The molecule has 2 rings (SSSR count). The van der Waals surface area contributed by atoms with Crippen LogP contribution in [0.4, 0.5) is 0 Å². The second-order valence-corrected chi connectivity index (χ2v) is 5.63. The summed E-state index contributed by atoms with van der Waals surface area (Å²) in [6.45, 7) is 3.61. The molecule has 0 atom stereocenters. The van der Waals surface area contributed by atoms with Gasteiger partial charge in [0.1, 0.15) is 12.3 Å². The lowest BCUT2D eigenvalue weighted by molar-refractivity contribution is 0.363. The van der Waals surface area contributed by atoms with E-state index in [1.54, 1.807) is 26.1 Å². The molecule has 0 bridgehead atoms. The predicted octanol–water partition coefficient (Wildman–Crippen LogP) is 3.38. The summed E-state index contributed by atoms with van der Waals surface area (Å²) in [6.07, 6.45) is 5.24. The number of hydrogen-bond acceptors (Lipinski definition) is 3. The van der Waals surface area contributed by atoms with E-state index in [9.17, 15) is 4.79 Å². The Morgan fingerprint density at radius 1 is 1.32 bits per heavy atom. The number of benzene rings is 1. The Kier molecular flexibility index (Phi) is 4.80. The largest absolute Gasteiger partial charge is 0.478 e. The summed E-state index contributed by atoms with van der Waals surface area (Å²) in [6, 6.07) is 3.33. The van der Waals surface area contributed by atoms with E-state index in [1.807, 2.05) is 6.92 Å². The summed E-state index contributed by atoms with van der Waals surface area (Å²) in [5.74, 6) is 2.72. The molecule has 114 valence electrons. The van der Waals surface area contributed by atoms with Crippen LogP contribution in [-0.2, 0) is 7.05 Å². The van der Waals surface area contributed by atoms with Crippen molar-refractivity contribution in [3.05, 3.63) is 43.8 Å². The molecule has 2 aromatic rings. The van der Waals surface area contributed by atoms with Crippen LogP contribution in [0.25, 0.3) is 11.1 Å². The summed E-state index contributed by atoms with van der Waals surface area (Å²) < 4.78 is 6.79. The first-order valence-corrected chi connectivity index (χ1v) is 7.22. The van der Waals surface area contributed by atoms with Crippen molar-refractivity contribution in [1.29, 1.82) is 0 Å². The lowest BCUT2D eigenvalue weighted by atomic mass is 10.0. The van der Waals surface area contributed by atoms with Gasteiger partial charge in [0, 0.05) is 17.6 Å². The zero-order chi connectivity index (χ0) is 16.4. The number of aryl methyl sites for hydroxylation is 3. The van der Waals surface area contributed by atoms with Crippen LogP contribution in [0, 0.1) is 26.2 Å². The zero-order valence-electron chi connectivity index (χ0n) is 12.4. The first kappa shape index (κ1) is 16.4. The second-order valence-electron chi connectivity index (χ2n) is 4.79. The van der Waals surface area contributed by atoms with E-state index in [0.717, 1.165) is 5.56 Å². The summed E-state index contributed by atoms with van der Waals surface area (Å²) in [5.41, 5.74) is 1.92. The van der Waals surface area contributed by atoms with E-state index < -0.39 is 0 Å². The molecule has 0 aliphatic rings. The third kappa shape index (κ3) is 2.96. The maximum Gasteiger partial charge on any atom is 0.278 e. The highest BCUT2D eigenvalue weighted by atomic mass is 35.5. The fraction of sp³-hybridized carbons (Fsp3) is 0.250. The molecule has 0 fully saturated rings. The van der Waals surface area contributed by atoms with Crippen LogP contribution in [-0.4, -0.2) is 16.4 Å². The topological polar surface area (TPSA) is 44.1 Å². The Morgan fingerprint density at radius 3 is 2.59 bits per heavy atom. The Morgan fingerprint density at radius 2 is 2.00 bits per heavy atom. The monoisotopic (exact) mass is 336 g/mol. The van der Waals surface area contributed by atoms with Crippen LogP contribution in [0.5, 0.6) is 5.75 Å². The average molecular weight is 337 g/mol. The van der Waals surface area contributed by atoms with E-state index in [1.165, 1.54) is 4.68 Å². The molecule has 0 unspecified atom stereocenters. The molecule has 0 N–H and O–H groups in total. The molecule has 1 aromatic carbocycles. The van der Waals surface area contributed by atoms with Crippen LogP contribution in [0.1, 0.15) is 11.3 Å². The van der Waals surface area contributed by atoms with Crippen LogP contribution in [0.2, 0.25) is 10.0 Å². The first-order valence-electron chi connectivity index (χ1n) is 6.47. The molecule has 22 heavy (non-hydrogen) atoms. The minimum Gasteiger partial charge on any atom is -0.478 e. The van der Waals surface area contributed by atoms with Gasteiger partial charge < -0.3 is 4.74 Å². The lowest BCUT2D eigenvalue weighted by Gasteiger charge is -2.16.